The number of carbonyl (C=O) groups is 1. The van der Waals surface area contributed by atoms with Gasteiger partial charge in [-0.15, -0.1) is 0 Å². The van der Waals surface area contributed by atoms with Gasteiger partial charge in [-0.1, -0.05) is 19.4 Å². The van der Waals surface area contributed by atoms with Crippen LogP contribution in [0.2, 0.25) is 0 Å². The maximum atomic E-state index is 11.1. The molecule has 0 saturated carbocycles. The number of carbonyl (C=O) groups excluding carboxylic acids is 1. The third-order valence-electron chi connectivity index (χ3n) is 2.15. The Bertz CT molecular complexity index is 256. The van der Waals surface area contributed by atoms with Gasteiger partial charge in [-0.25, -0.2) is 0 Å². The normalized spacial score (nSPS) is 20.1. The average Bonchev–Trinajstić information content (AvgIpc) is 2.19. The highest BCUT2D eigenvalue weighted by atomic mass is 16.1. The zero-order valence-corrected chi connectivity index (χ0v) is 8.84. The lowest BCUT2D eigenvalue weighted by Crippen LogP contribution is -2.43. The van der Waals surface area contributed by atoms with Crippen LogP contribution >= 0.6 is 0 Å². The van der Waals surface area contributed by atoms with E-state index in [0.717, 1.165) is 13.0 Å². The minimum atomic E-state index is 0.0802. The molecule has 0 spiro atoms. The average molecular weight is 194 g/mol. The standard InChI is InChI=1S/C11H18N2O/c1-3-4-8-12-11-7-5-6-10(13-11)9(2)14/h5-7,11-13H,3-4,8H2,1-2H3. The highest BCUT2D eigenvalue weighted by Gasteiger charge is 2.11. The Labute approximate surface area is 85.3 Å². The molecule has 0 bridgehead atoms. The van der Waals surface area contributed by atoms with E-state index >= 15 is 0 Å². The number of hydrogen-bond acceptors (Lipinski definition) is 3. The molecule has 0 radical (unpaired) electrons. The summed E-state index contributed by atoms with van der Waals surface area (Å²) >= 11 is 0. The summed E-state index contributed by atoms with van der Waals surface area (Å²) in [6.45, 7) is 4.71. The van der Waals surface area contributed by atoms with E-state index in [9.17, 15) is 4.79 Å². The first-order chi connectivity index (χ1) is 6.74. The zero-order chi connectivity index (χ0) is 10.4. The number of unbranched alkanes of at least 4 members (excludes halogenated alkanes) is 1. The molecule has 1 heterocycles. The van der Waals surface area contributed by atoms with Gasteiger partial charge in [0.1, 0.15) is 0 Å². The van der Waals surface area contributed by atoms with Crippen LogP contribution in [0.4, 0.5) is 0 Å². The summed E-state index contributed by atoms with van der Waals surface area (Å²) in [6.07, 6.45) is 8.17. The fraction of sp³-hybridized carbons (Fsp3) is 0.545. The summed E-state index contributed by atoms with van der Waals surface area (Å²) in [6, 6.07) is 0. The topological polar surface area (TPSA) is 41.1 Å². The molecule has 0 aliphatic carbocycles. The number of allylic oxidation sites excluding steroid dienone is 3. The summed E-state index contributed by atoms with van der Waals surface area (Å²) in [5.74, 6) is 0.0802. The van der Waals surface area contributed by atoms with E-state index in [0.29, 0.717) is 5.70 Å². The van der Waals surface area contributed by atoms with Crippen molar-refractivity contribution in [1.29, 1.82) is 0 Å². The predicted octanol–water partition coefficient (Wildman–Crippen LogP) is 1.33. The van der Waals surface area contributed by atoms with E-state index in [4.69, 9.17) is 0 Å². The molecule has 3 heteroatoms. The Balaban J connectivity index is 2.35. The molecule has 1 unspecified atom stereocenters. The predicted molar refractivity (Wildman–Crippen MR) is 57.7 cm³/mol. The molecule has 78 valence electrons. The minimum absolute atomic E-state index is 0.0802. The van der Waals surface area contributed by atoms with Crippen molar-refractivity contribution in [2.24, 2.45) is 0 Å². The van der Waals surface area contributed by atoms with Crippen LogP contribution in [-0.4, -0.2) is 18.5 Å². The van der Waals surface area contributed by atoms with E-state index in [-0.39, 0.29) is 11.9 Å². The van der Waals surface area contributed by atoms with Gasteiger partial charge in [0.15, 0.2) is 5.78 Å². The van der Waals surface area contributed by atoms with Gasteiger partial charge in [0, 0.05) is 6.92 Å². The van der Waals surface area contributed by atoms with Gasteiger partial charge in [-0.2, -0.15) is 0 Å². The second-order valence-electron chi connectivity index (χ2n) is 3.45. The van der Waals surface area contributed by atoms with Crippen molar-refractivity contribution >= 4 is 5.78 Å². The molecule has 0 amide bonds. The molecule has 1 rings (SSSR count). The molecule has 0 aromatic carbocycles. The van der Waals surface area contributed by atoms with Gasteiger partial charge < -0.3 is 5.32 Å². The van der Waals surface area contributed by atoms with Crippen molar-refractivity contribution in [2.75, 3.05) is 6.54 Å². The first kappa shape index (κ1) is 11.0. The first-order valence-corrected chi connectivity index (χ1v) is 5.13. The molecule has 0 saturated heterocycles. The summed E-state index contributed by atoms with van der Waals surface area (Å²) < 4.78 is 0. The Morgan fingerprint density at radius 1 is 1.64 bits per heavy atom. The fourth-order valence-electron chi connectivity index (χ4n) is 1.30. The highest BCUT2D eigenvalue weighted by Crippen LogP contribution is 2.01. The zero-order valence-electron chi connectivity index (χ0n) is 8.84. The van der Waals surface area contributed by atoms with Crippen LogP contribution in [0.3, 0.4) is 0 Å². The molecule has 2 N–H and O–H groups in total. The Hall–Kier alpha value is -1.09. The number of dihydropyridines is 1. The number of rotatable bonds is 5. The van der Waals surface area contributed by atoms with Gasteiger partial charge in [0.25, 0.3) is 0 Å². The van der Waals surface area contributed by atoms with Gasteiger partial charge in [-0.3, -0.25) is 10.1 Å². The van der Waals surface area contributed by atoms with Crippen molar-refractivity contribution in [3.05, 3.63) is 23.9 Å². The molecule has 0 aromatic rings. The van der Waals surface area contributed by atoms with Crippen LogP contribution in [0, 0.1) is 0 Å². The largest absolute Gasteiger partial charge is 0.364 e. The van der Waals surface area contributed by atoms with E-state index < -0.39 is 0 Å². The Morgan fingerprint density at radius 2 is 2.43 bits per heavy atom. The second kappa shape index (κ2) is 5.60. The van der Waals surface area contributed by atoms with Crippen LogP contribution in [-0.2, 0) is 4.79 Å². The number of ketones is 1. The van der Waals surface area contributed by atoms with Gasteiger partial charge in [-0.05, 0) is 25.1 Å². The van der Waals surface area contributed by atoms with E-state index in [2.05, 4.69) is 17.6 Å². The minimum Gasteiger partial charge on any atom is -0.364 e. The van der Waals surface area contributed by atoms with Crippen molar-refractivity contribution in [1.82, 2.24) is 10.6 Å². The van der Waals surface area contributed by atoms with Gasteiger partial charge in [0.2, 0.25) is 0 Å². The van der Waals surface area contributed by atoms with Crippen LogP contribution in [0.15, 0.2) is 23.9 Å². The smallest absolute Gasteiger partial charge is 0.175 e. The second-order valence-corrected chi connectivity index (χ2v) is 3.45. The molecular weight excluding hydrogens is 176 g/mol. The summed E-state index contributed by atoms with van der Waals surface area (Å²) in [7, 11) is 0. The van der Waals surface area contributed by atoms with Crippen molar-refractivity contribution in [2.45, 2.75) is 32.9 Å². The molecular formula is C11H18N2O. The van der Waals surface area contributed by atoms with Crippen LogP contribution in [0.1, 0.15) is 26.7 Å². The molecule has 0 aromatic heterocycles. The van der Waals surface area contributed by atoms with Gasteiger partial charge in [0.05, 0.1) is 11.9 Å². The number of nitrogens with one attached hydrogen (secondary N) is 2. The number of hydrogen-bond donors (Lipinski definition) is 2. The fourth-order valence-corrected chi connectivity index (χ4v) is 1.30. The molecule has 3 nitrogen and oxygen atoms in total. The van der Waals surface area contributed by atoms with E-state index in [1.165, 1.54) is 6.42 Å². The molecule has 14 heavy (non-hydrogen) atoms. The van der Waals surface area contributed by atoms with Crippen molar-refractivity contribution in [3.63, 3.8) is 0 Å². The lowest BCUT2D eigenvalue weighted by Gasteiger charge is -2.21. The van der Waals surface area contributed by atoms with Gasteiger partial charge >= 0.3 is 0 Å². The van der Waals surface area contributed by atoms with E-state index in [1.807, 2.05) is 12.2 Å². The summed E-state index contributed by atoms with van der Waals surface area (Å²) in [5.41, 5.74) is 0.682. The molecule has 0 fully saturated rings. The third-order valence-corrected chi connectivity index (χ3v) is 2.15. The highest BCUT2D eigenvalue weighted by molar-refractivity contribution is 5.93. The molecule has 1 aliphatic rings. The van der Waals surface area contributed by atoms with Crippen LogP contribution < -0.4 is 10.6 Å². The summed E-state index contributed by atoms with van der Waals surface area (Å²) in [4.78, 5) is 11.1. The summed E-state index contributed by atoms with van der Waals surface area (Å²) in [5, 5.41) is 6.44. The maximum Gasteiger partial charge on any atom is 0.175 e. The molecule has 1 atom stereocenters. The lowest BCUT2D eigenvalue weighted by molar-refractivity contribution is -0.114. The Kier molecular flexibility index (Phi) is 4.40. The third kappa shape index (κ3) is 3.34. The lowest BCUT2D eigenvalue weighted by atomic mass is 10.2. The Morgan fingerprint density at radius 3 is 3.07 bits per heavy atom. The van der Waals surface area contributed by atoms with E-state index in [1.54, 1.807) is 13.0 Å². The quantitative estimate of drug-likeness (QED) is 0.649. The maximum absolute atomic E-state index is 11.1. The van der Waals surface area contributed by atoms with Crippen LogP contribution in [0.25, 0.3) is 0 Å². The van der Waals surface area contributed by atoms with Crippen LogP contribution in [0.5, 0.6) is 0 Å². The SMILES string of the molecule is CCCCNC1C=CC=C(C(C)=O)N1. The number of Topliss-reactive ketones (excluding diaryl/α,β-unsaturated/α-hetero) is 1. The van der Waals surface area contributed by atoms with Crippen molar-refractivity contribution < 1.29 is 4.79 Å². The monoisotopic (exact) mass is 194 g/mol. The molecule has 1 aliphatic heterocycles. The van der Waals surface area contributed by atoms with Crippen molar-refractivity contribution in [3.8, 4) is 0 Å². The first-order valence-electron chi connectivity index (χ1n) is 5.13.